The molecule has 1 atom stereocenters. The summed E-state index contributed by atoms with van der Waals surface area (Å²) in [5.41, 5.74) is -0.820. The fourth-order valence-electron chi connectivity index (χ4n) is 2.61. The summed E-state index contributed by atoms with van der Waals surface area (Å²) in [5, 5.41) is 4.59. The largest absolute Gasteiger partial charge is 0.336 e. The first kappa shape index (κ1) is 13.8. The highest BCUT2D eigenvalue weighted by molar-refractivity contribution is 6.31. The number of hydrogen-bond donors (Lipinski definition) is 2. The van der Waals surface area contributed by atoms with E-state index in [-0.39, 0.29) is 23.0 Å². The molecule has 1 aromatic rings. The third-order valence-corrected chi connectivity index (χ3v) is 4.03. The van der Waals surface area contributed by atoms with Gasteiger partial charge in [0.1, 0.15) is 11.4 Å². The molecule has 6 nitrogen and oxygen atoms in total. The summed E-state index contributed by atoms with van der Waals surface area (Å²) in [6.07, 6.45) is 0.339. The van der Waals surface area contributed by atoms with E-state index in [1.165, 1.54) is 17.0 Å². The smallest absolute Gasteiger partial charge is 0.322 e. The highest BCUT2D eigenvalue weighted by atomic mass is 35.5. The van der Waals surface area contributed by atoms with Crippen LogP contribution in [0.1, 0.15) is 16.8 Å². The second-order valence-corrected chi connectivity index (χ2v) is 5.50. The zero-order valence-electron chi connectivity index (χ0n) is 10.8. The van der Waals surface area contributed by atoms with E-state index in [0.717, 1.165) is 6.07 Å². The molecule has 1 unspecified atom stereocenters. The summed E-state index contributed by atoms with van der Waals surface area (Å²) in [4.78, 5) is 36.8. The number of benzene rings is 1. The summed E-state index contributed by atoms with van der Waals surface area (Å²) in [7, 11) is 0. The maximum atomic E-state index is 13.1. The van der Waals surface area contributed by atoms with Gasteiger partial charge >= 0.3 is 6.03 Å². The van der Waals surface area contributed by atoms with Crippen LogP contribution < -0.4 is 10.6 Å². The van der Waals surface area contributed by atoms with E-state index in [4.69, 9.17) is 11.6 Å². The average Bonchev–Trinajstić information content (AvgIpc) is 2.97. The molecule has 4 amide bonds. The number of amides is 4. The van der Waals surface area contributed by atoms with Crippen LogP contribution in [0.5, 0.6) is 0 Å². The van der Waals surface area contributed by atoms with Crippen molar-refractivity contribution in [3.05, 3.63) is 34.6 Å². The molecule has 8 heteroatoms. The van der Waals surface area contributed by atoms with Crippen LogP contribution in [-0.4, -0.2) is 41.4 Å². The van der Waals surface area contributed by atoms with Crippen molar-refractivity contribution in [1.82, 2.24) is 15.5 Å². The lowest BCUT2D eigenvalue weighted by Crippen LogP contribution is -2.49. The Kier molecular flexibility index (Phi) is 3.09. The Morgan fingerprint density at radius 2 is 2.14 bits per heavy atom. The molecule has 0 aliphatic carbocycles. The van der Waals surface area contributed by atoms with Gasteiger partial charge in [-0.1, -0.05) is 11.6 Å². The first-order valence-electron chi connectivity index (χ1n) is 6.29. The van der Waals surface area contributed by atoms with E-state index in [2.05, 4.69) is 10.6 Å². The maximum absolute atomic E-state index is 13.1. The van der Waals surface area contributed by atoms with E-state index in [0.29, 0.717) is 13.0 Å². The Balaban J connectivity index is 1.80. The Labute approximate surface area is 124 Å². The molecule has 0 bridgehead atoms. The third-order valence-electron chi connectivity index (χ3n) is 3.74. The van der Waals surface area contributed by atoms with Gasteiger partial charge in [0.2, 0.25) is 0 Å². The number of imide groups is 1. The highest BCUT2D eigenvalue weighted by Crippen LogP contribution is 2.26. The number of nitrogens with one attached hydrogen (secondary N) is 2. The van der Waals surface area contributed by atoms with Gasteiger partial charge in [-0.05, 0) is 24.6 Å². The van der Waals surface area contributed by atoms with Gasteiger partial charge in [0.25, 0.3) is 11.8 Å². The summed E-state index contributed by atoms with van der Waals surface area (Å²) >= 11 is 5.66. The molecule has 3 rings (SSSR count). The third kappa shape index (κ3) is 2.23. The van der Waals surface area contributed by atoms with Crippen molar-refractivity contribution in [2.45, 2.75) is 12.0 Å². The molecule has 1 aromatic carbocycles. The average molecular weight is 312 g/mol. The SMILES string of the molecule is O=C1NC(=O)C2(CCN(C(=O)c3ccc(F)c(Cl)c3)C2)N1. The summed E-state index contributed by atoms with van der Waals surface area (Å²) < 4.78 is 13.1. The van der Waals surface area contributed by atoms with Crippen molar-refractivity contribution in [2.24, 2.45) is 0 Å². The van der Waals surface area contributed by atoms with Gasteiger partial charge in [-0.15, -0.1) is 0 Å². The van der Waals surface area contributed by atoms with Gasteiger partial charge < -0.3 is 10.2 Å². The minimum atomic E-state index is -1.06. The van der Waals surface area contributed by atoms with Gasteiger partial charge in [0.05, 0.1) is 11.6 Å². The van der Waals surface area contributed by atoms with Crippen molar-refractivity contribution in [1.29, 1.82) is 0 Å². The Bertz CT molecular complexity index is 666. The number of likely N-dealkylation sites (tertiary alicyclic amines) is 1. The predicted octanol–water partition coefficient (Wildman–Crippen LogP) is 0.903. The minimum Gasteiger partial charge on any atom is -0.336 e. The van der Waals surface area contributed by atoms with Crippen molar-refractivity contribution >= 4 is 29.4 Å². The molecule has 2 N–H and O–H groups in total. The fourth-order valence-corrected chi connectivity index (χ4v) is 2.79. The van der Waals surface area contributed by atoms with E-state index >= 15 is 0 Å². The minimum absolute atomic E-state index is 0.0817. The zero-order valence-corrected chi connectivity index (χ0v) is 11.5. The first-order chi connectivity index (χ1) is 9.91. The number of rotatable bonds is 1. The molecule has 2 saturated heterocycles. The van der Waals surface area contributed by atoms with E-state index in [1.807, 2.05) is 0 Å². The highest BCUT2D eigenvalue weighted by Gasteiger charge is 2.51. The molecule has 1 spiro atoms. The topological polar surface area (TPSA) is 78.5 Å². The van der Waals surface area contributed by atoms with E-state index in [1.54, 1.807) is 0 Å². The Morgan fingerprint density at radius 1 is 1.38 bits per heavy atom. The van der Waals surface area contributed by atoms with Crippen LogP contribution in [0.2, 0.25) is 5.02 Å². The van der Waals surface area contributed by atoms with Crippen LogP contribution in [0.3, 0.4) is 0 Å². The lowest BCUT2D eigenvalue weighted by molar-refractivity contribution is -0.123. The zero-order chi connectivity index (χ0) is 15.2. The van der Waals surface area contributed by atoms with Crippen LogP contribution in [0.25, 0.3) is 0 Å². The molecule has 2 heterocycles. The number of urea groups is 1. The predicted molar refractivity (Wildman–Crippen MR) is 71.3 cm³/mol. The molecule has 0 radical (unpaired) electrons. The van der Waals surface area contributed by atoms with Gasteiger partial charge in [-0.25, -0.2) is 9.18 Å². The fraction of sp³-hybridized carbons (Fsp3) is 0.308. The molecule has 110 valence electrons. The maximum Gasteiger partial charge on any atom is 0.322 e. The quantitative estimate of drug-likeness (QED) is 0.757. The van der Waals surface area contributed by atoms with Gasteiger partial charge in [-0.3, -0.25) is 14.9 Å². The second-order valence-electron chi connectivity index (χ2n) is 5.10. The van der Waals surface area contributed by atoms with Crippen molar-refractivity contribution in [3.63, 3.8) is 0 Å². The molecule has 0 aromatic heterocycles. The van der Waals surface area contributed by atoms with E-state index in [9.17, 15) is 18.8 Å². The number of hydrogen-bond acceptors (Lipinski definition) is 3. The van der Waals surface area contributed by atoms with Gasteiger partial charge in [-0.2, -0.15) is 0 Å². The lowest BCUT2D eigenvalue weighted by Gasteiger charge is -2.21. The standard InChI is InChI=1S/C13H11ClFN3O3/c14-8-5-7(1-2-9(8)15)10(19)18-4-3-13(6-18)11(20)16-12(21)17-13/h1-2,5H,3-4,6H2,(H2,16,17,20,21). The number of carbonyl (C=O) groups excluding carboxylic acids is 3. The molecule has 2 fully saturated rings. The number of nitrogens with zero attached hydrogens (tertiary/aromatic N) is 1. The van der Waals surface area contributed by atoms with Crippen LogP contribution in [-0.2, 0) is 4.79 Å². The van der Waals surface area contributed by atoms with Crippen LogP contribution in [0.4, 0.5) is 9.18 Å². The van der Waals surface area contributed by atoms with Crippen molar-refractivity contribution in [2.75, 3.05) is 13.1 Å². The summed E-state index contributed by atoms with van der Waals surface area (Å²) in [5.74, 6) is -1.39. The van der Waals surface area contributed by atoms with Gasteiger partial charge in [0.15, 0.2) is 0 Å². The van der Waals surface area contributed by atoms with Crippen LogP contribution in [0.15, 0.2) is 18.2 Å². The molecule has 0 saturated carbocycles. The molecule has 21 heavy (non-hydrogen) atoms. The van der Waals surface area contributed by atoms with Crippen molar-refractivity contribution < 1.29 is 18.8 Å². The Hall–Kier alpha value is -2.15. The first-order valence-corrected chi connectivity index (χ1v) is 6.67. The van der Waals surface area contributed by atoms with Crippen LogP contribution >= 0.6 is 11.6 Å². The second kappa shape index (κ2) is 4.70. The van der Waals surface area contributed by atoms with Crippen LogP contribution in [0, 0.1) is 5.82 Å². The molecular weight excluding hydrogens is 301 g/mol. The number of halogens is 2. The number of carbonyl (C=O) groups is 3. The molecular formula is C13H11ClFN3O3. The molecule has 2 aliphatic heterocycles. The summed E-state index contributed by atoms with van der Waals surface area (Å²) in [6, 6.07) is 3.14. The monoisotopic (exact) mass is 311 g/mol. The summed E-state index contributed by atoms with van der Waals surface area (Å²) in [6.45, 7) is 0.403. The normalized spacial score (nSPS) is 24.4. The van der Waals surface area contributed by atoms with Gasteiger partial charge in [0, 0.05) is 12.1 Å². The molecule has 2 aliphatic rings. The lowest BCUT2D eigenvalue weighted by atomic mass is 9.99. The Morgan fingerprint density at radius 3 is 2.76 bits per heavy atom. The van der Waals surface area contributed by atoms with E-state index < -0.39 is 23.3 Å². The van der Waals surface area contributed by atoms with Crippen molar-refractivity contribution in [3.8, 4) is 0 Å².